The smallest absolute Gasteiger partial charge is 0.335 e. The number of carboxylic acids is 1. The third kappa shape index (κ3) is 3.66. The summed E-state index contributed by atoms with van der Waals surface area (Å²) in [6.45, 7) is 2.17. The number of nitrogens with zero attached hydrogens (tertiary/aromatic N) is 2. The van der Waals surface area contributed by atoms with Gasteiger partial charge in [0.15, 0.2) is 0 Å². The SMILES string of the molecule is CCCCCCc1nnc(-c2ccc(C(=O)O)cc2)o1. The molecule has 0 aliphatic rings. The Morgan fingerprint density at radius 3 is 2.55 bits per heavy atom. The molecule has 0 unspecified atom stereocenters. The molecule has 1 aromatic carbocycles. The number of aryl methyl sites for hydroxylation is 1. The van der Waals surface area contributed by atoms with Crippen LogP contribution in [-0.2, 0) is 6.42 Å². The Kier molecular flexibility index (Phi) is 4.87. The van der Waals surface area contributed by atoms with E-state index in [1.54, 1.807) is 12.1 Å². The largest absolute Gasteiger partial charge is 0.478 e. The first-order chi connectivity index (χ1) is 9.70. The average molecular weight is 274 g/mol. The molecule has 0 atom stereocenters. The van der Waals surface area contributed by atoms with Crippen molar-refractivity contribution < 1.29 is 14.3 Å². The van der Waals surface area contributed by atoms with Crippen LogP contribution in [0.15, 0.2) is 28.7 Å². The van der Waals surface area contributed by atoms with E-state index in [2.05, 4.69) is 17.1 Å². The van der Waals surface area contributed by atoms with E-state index in [-0.39, 0.29) is 5.56 Å². The average Bonchev–Trinajstić information content (AvgIpc) is 2.92. The standard InChI is InChI=1S/C15H18N2O3/c1-2-3-4-5-6-13-16-17-14(20-13)11-7-9-12(10-8-11)15(18)19/h7-10H,2-6H2,1H3,(H,18,19). The van der Waals surface area contributed by atoms with Gasteiger partial charge in [-0.1, -0.05) is 26.2 Å². The second kappa shape index (κ2) is 6.84. The third-order valence-corrected chi connectivity index (χ3v) is 3.09. The summed E-state index contributed by atoms with van der Waals surface area (Å²) >= 11 is 0. The van der Waals surface area contributed by atoms with E-state index >= 15 is 0 Å². The second-order valence-electron chi connectivity index (χ2n) is 4.69. The minimum atomic E-state index is -0.946. The zero-order chi connectivity index (χ0) is 14.4. The lowest BCUT2D eigenvalue weighted by molar-refractivity contribution is 0.0697. The van der Waals surface area contributed by atoms with Crippen molar-refractivity contribution in [2.24, 2.45) is 0 Å². The zero-order valence-corrected chi connectivity index (χ0v) is 11.5. The topological polar surface area (TPSA) is 76.2 Å². The maximum Gasteiger partial charge on any atom is 0.335 e. The van der Waals surface area contributed by atoms with E-state index in [9.17, 15) is 4.79 Å². The molecule has 0 saturated heterocycles. The number of carbonyl (C=O) groups is 1. The monoisotopic (exact) mass is 274 g/mol. The molecule has 0 spiro atoms. The van der Waals surface area contributed by atoms with Gasteiger partial charge in [0.05, 0.1) is 5.56 Å². The normalized spacial score (nSPS) is 10.7. The van der Waals surface area contributed by atoms with Gasteiger partial charge in [-0.25, -0.2) is 4.79 Å². The predicted molar refractivity (Wildman–Crippen MR) is 74.5 cm³/mol. The fourth-order valence-corrected chi connectivity index (χ4v) is 1.93. The van der Waals surface area contributed by atoms with Gasteiger partial charge in [0.25, 0.3) is 0 Å². The number of unbranched alkanes of at least 4 members (excludes halogenated alkanes) is 3. The van der Waals surface area contributed by atoms with Crippen molar-refractivity contribution >= 4 is 5.97 Å². The van der Waals surface area contributed by atoms with Gasteiger partial charge >= 0.3 is 5.97 Å². The Morgan fingerprint density at radius 1 is 1.15 bits per heavy atom. The minimum Gasteiger partial charge on any atom is -0.478 e. The van der Waals surface area contributed by atoms with E-state index in [0.29, 0.717) is 11.8 Å². The fraction of sp³-hybridized carbons (Fsp3) is 0.400. The number of aromatic nitrogens is 2. The highest BCUT2D eigenvalue weighted by atomic mass is 16.4. The molecule has 1 N–H and O–H groups in total. The first-order valence-corrected chi connectivity index (χ1v) is 6.87. The van der Waals surface area contributed by atoms with Crippen LogP contribution in [-0.4, -0.2) is 21.3 Å². The number of aromatic carboxylic acids is 1. The summed E-state index contributed by atoms with van der Waals surface area (Å²) in [7, 11) is 0. The molecule has 0 amide bonds. The number of rotatable bonds is 7. The molecule has 5 nitrogen and oxygen atoms in total. The Morgan fingerprint density at radius 2 is 1.90 bits per heavy atom. The summed E-state index contributed by atoms with van der Waals surface area (Å²) in [6, 6.07) is 6.42. The van der Waals surface area contributed by atoms with Crippen molar-refractivity contribution in [1.29, 1.82) is 0 Å². The first kappa shape index (κ1) is 14.2. The molecule has 5 heteroatoms. The quantitative estimate of drug-likeness (QED) is 0.781. The second-order valence-corrected chi connectivity index (χ2v) is 4.69. The molecule has 0 radical (unpaired) electrons. The summed E-state index contributed by atoms with van der Waals surface area (Å²) in [5, 5.41) is 16.9. The lowest BCUT2D eigenvalue weighted by Gasteiger charge is -1.97. The number of benzene rings is 1. The van der Waals surface area contributed by atoms with E-state index in [4.69, 9.17) is 9.52 Å². The van der Waals surface area contributed by atoms with E-state index in [0.717, 1.165) is 18.4 Å². The minimum absolute atomic E-state index is 0.244. The summed E-state index contributed by atoms with van der Waals surface area (Å²) in [5.41, 5.74) is 0.982. The Hall–Kier alpha value is -2.17. The van der Waals surface area contributed by atoms with Crippen LogP contribution in [0.1, 0.15) is 48.9 Å². The number of hydrogen-bond acceptors (Lipinski definition) is 4. The highest BCUT2D eigenvalue weighted by molar-refractivity contribution is 5.88. The Bertz CT molecular complexity index is 561. The van der Waals surface area contributed by atoms with Crippen LogP contribution >= 0.6 is 0 Å². The van der Waals surface area contributed by atoms with E-state index in [1.807, 2.05) is 0 Å². The molecule has 1 heterocycles. The summed E-state index contributed by atoms with van der Waals surface area (Å²) in [4.78, 5) is 10.8. The molecule has 2 rings (SSSR count). The van der Waals surface area contributed by atoms with Crippen LogP contribution in [0.4, 0.5) is 0 Å². The molecule has 0 aliphatic heterocycles. The van der Waals surface area contributed by atoms with Crippen molar-refractivity contribution in [2.75, 3.05) is 0 Å². The molecule has 0 bridgehead atoms. The van der Waals surface area contributed by atoms with Gasteiger partial charge in [0, 0.05) is 12.0 Å². The molecule has 1 aromatic heterocycles. The molecular weight excluding hydrogens is 256 g/mol. The lowest BCUT2D eigenvalue weighted by Crippen LogP contribution is -1.94. The fourth-order valence-electron chi connectivity index (χ4n) is 1.93. The third-order valence-electron chi connectivity index (χ3n) is 3.09. The maximum atomic E-state index is 10.8. The van der Waals surface area contributed by atoms with Crippen LogP contribution < -0.4 is 0 Å². The van der Waals surface area contributed by atoms with Gasteiger partial charge in [-0.05, 0) is 30.7 Å². The van der Waals surface area contributed by atoms with Gasteiger partial charge in [0.1, 0.15) is 0 Å². The van der Waals surface area contributed by atoms with Crippen molar-refractivity contribution in [3.8, 4) is 11.5 Å². The Balaban J connectivity index is 1.99. The van der Waals surface area contributed by atoms with E-state index < -0.39 is 5.97 Å². The highest BCUT2D eigenvalue weighted by Crippen LogP contribution is 2.19. The highest BCUT2D eigenvalue weighted by Gasteiger charge is 2.09. The lowest BCUT2D eigenvalue weighted by atomic mass is 10.1. The van der Waals surface area contributed by atoms with Gasteiger partial charge in [-0.2, -0.15) is 0 Å². The Labute approximate surface area is 117 Å². The van der Waals surface area contributed by atoms with Crippen molar-refractivity contribution in [3.05, 3.63) is 35.7 Å². The zero-order valence-electron chi connectivity index (χ0n) is 11.5. The predicted octanol–water partition coefficient (Wildman–Crippen LogP) is 3.56. The molecule has 2 aromatic rings. The molecule has 20 heavy (non-hydrogen) atoms. The number of carboxylic acid groups (broad SMARTS) is 1. The van der Waals surface area contributed by atoms with Crippen molar-refractivity contribution in [3.63, 3.8) is 0 Å². The van der Waals surface area contributed by atoms with Crippen molar-refractivity contribution in [1.82, 2.24) is 10.2 Å². The van der Waals surface area contributed by atoms with E-state index in [1.165, 1.54) is 31.4 Å². The molecule has 0 saturated carbocycles. The van der Waals surface area contributed by atoms with Gasteiger partial charge in [-0.15, -0.1) is 10.2 Å². The first-order valence-electron chi connectivity index (χ1n) is 6.87. The molecule has 0 fully saturated rings. The van der Waals surface area contributed by atoms with Gasteiger partial charge < -0.3 is 9.52 Å². The van der Waals surface area contributed by atoms with Crippen LogP contribution in [0, 0.1) is 0 Å². The molecule has 106 valence electrons. The number of hydrogen-bond donors (Lipinski definition) is 1. The molecular formula is C15H18N2O3. The molecule has 0 aliphatic carbocycles. The van der Waals surface area contributed by atoms with Crippen LogP contribution in [0.25, 0.3) is 11.5 Å². The van der Waals surface area contributed by atoms with Crippen LogP contribution in [0.3, 0.4) is 0 Å². The van der Waals surface area contributed by atoms with Crippen LogP contribution in [0.5, 0.6) is 0 Å². The van der Waals surface area contributed by atoms with Gasteiger partial charge in [-0.3, -0.25) is 0 Å². The van der Waals surface area contributed by atoms with Gasteiger partial charge in [0.2, 0.25) is 11.8 Å². The summed E-state index contributed by atoms with van der Waals surface area (Å²) < 4.78 is 5.58. The van der Waals surface area contributed by atoms with Crippen LogP contribution in [0.2, 0.25) is 0 Å². The summed E-state index contributed by atoms with van der Waals surface area (Å²) in [6.07, 6.45) is 5.43. The van der Waals surface area contributed by atoms with Crippen molar-refractivity contribution in [2.45, 2.75) is 39.0 Å². The summed E-state index contributed by atoms with van der Waals surface area (Å²) in [5.74, 6) is 0.129. The maximum absolute atomic E-state index is 10.8.